The van der Waals surface area contributed by atoms with E-state index in [0.29, 0.717) is 118 Å². The van der Waals surface area contributed by atoms with Crippen molar-refractivity contribution in [1.29, 1.82) is 0 Å². The minimum atomic E-state index is -3.04. The molecule has 1 aliphatic carbocycles. The summed E-state index contributed by atoms with van der Waals surface area (Å²) in [5.41, 5.74) is 1.36. The Labute approximate surface area is 545 Å². The quantitative estimate of drug-likeness (QED) is 0.0569. The predicted molar refractivity (Wildman–Crippen MR) is 361 cm³/mol. The van der Waals surface area contributed by atoms with E-state index in [1.54, 1.807) is 97.6 Å². The molecule has 4 aliphatic rings. The van der Waals surface area contributed by atoms with Crippen molar-refractivity contribution < 1.29 is 41.5 Å². The SMILES string of the molecule is O=c1[nH]nc(C(O)c2ccc(F)c(P3(=O)CCN(C4CC4)CC3)c2)c2ccccc12.O=c1[nH]nc(C(O)c2ccc(F)c(P3(=O)CCN(c4ncccn4)CC3)c2)c2ccccc12.O=c1[nH]nc(Cc2ccc(F)c(P3(=O)CCN(c4ncccn4)CC3)c2)c2ccc(F)cc12. The van der Waals surface area contributed by atoms with Gasteiger partial charge in [0, 0.05) is 146 Å². The molecule has 8 heterocycles. The summed E-state index contributed by atoms with van der Waals surface area (Å²) < 4.78 is 99.0. The van der Waals surface area contributed by atoms with Gasteiger partial charge in [-0.3, -0.25) is 19.3 Å². The monoisotopic (exact) mass is 1360 g/mol. The molecule has 21 nitrogen and oxygen atoms in total. The molecule has 4 fully saturated rings. The number of nitrogens with zero attached hydrogens (tertiary/aromatic N) is 10. The molecule has 2 unspecified atom stereocenters. The molecular weight excluding hydrogens is 1300 g/mol. The fourth-order valence-electron chi connectivity index (χ4n) is 12.7. The third-order valence-electron chi connectivity index (χ3n) is 18.2. The Morgan fingerprint density at radius 2 is 0.854 bits per heavy atom. The molecule has 492 valence electrons. The molecule has 0 radical (unpaired) electrons. The summed E-state index contributed by atoms with van der Waals surface area (Å²) in [6, 6.07) is 34.7. The number of halogens is 4. The molecule has 28 heteroatoms. The molecule has 3 aliphatic heterocycles. The van der Waals surface area contributed by atoms with Crippen molar-refractivity contribution >= 4 is 81.6 Å². The largest absolute Gasteiger partial charge is 0.382 e. The smallest absolute Gasteiger partial charge is 0.272 e. The van der Waals surface area contributed by atoms with Crippen molar-refractivity contribution in [2.75, 3.05) is 86.0 Å². The molecule has 1 saturated carbocycles. The number of fused-ring (bicyclic) bond motifs is 3. The summed E-state index contributed by atoms with van der Waals surface area (Å²) in [6.45, 7) is 3.28. The Morgan fingerprint density at radius 3 is 1.31 bits per heavy atom. The summed E-state index contributed by atoms with van der Waals surface area (Å²) in [7, 11) is -8.87. The van der Waals surface area contributed by atoms with Crippen LogP contribution in [0.1, 0.15) is 58.8 Å². The van der Waals surface area contributed by atoms with Crippen LogP contribution in [-0.2, 0) is 20.1 Å². The second-order valence-electron chi connectivity index (χ2n) is 24.2. The summed E-state index contributed by atoms with van der Waals surface area (Å²) in [4.78, 5) is 59.3. The average molecular weight is 1360 g/mol. The Balaban J connectivity index is 0.000000130. The van der Waals surface area contributed by atoms with Gasteiger partial charge in [-0.25, -0.2) is 52.8 Å². The number of aliphatic hydroxyl groups excluding tert-OH is 2. The van der Waals surface area contributed by atoms with Crippen molar-refractivity contribution in [3.63, 3.8) is 0 Å². The van der Waals surface area contributed by atoms with Gasteiger partial charge in [0.1, 0.15) is 68.3 Å². The first-order valence-corrected chi connectivity index (χ1v) is 37.5. The Morgan fingerprint density at radius 1 is 0.448 bits per heavy atom. The first-order chi connectivity index (χ1) is 46.3. The van der Waals surface area contributed by atoms with Gasteiger partial charge < -0.3 is 33.7 Å². The topological polar surface area (TPSA) is 290 Å². The lowest BCUT2D eigenvalue weighted by molar-refractivity contribution is 0.215. The molecule has 11 aromatic rings. The number of nitrogens with one attached hydrogen (secondary N) is 3. The van der Waals surface area contributed by atoms with Gasteiger partial charge in [0.05, 0.1) is 21.9 Å². The molecule has 96 heavy (non-hydrogen) atoms. The van der Waals surface area contributed by atoms with Gasteiger partial charge in [0.15, 0.2) is 0 Å². The standard InChI is InChI=1S/C23H20F2N5O2P.C23H21FN5O3P.C22H23FN3O3P/c24-16-3-4-17-18(14-16)22(31)29-28-20(17)12-15-2-5-19(25)21(13-15)33(32)10-8-30(9-11-33)23-26-6-1-7-27-23;24-18-7-6-15(21(30)20-16-4-1-2-5-17(16)22(31)28-27-20)14-19(18)33(32)12-10-29(11-13-33)23-25-8-3-9-26-23;23-18-8-5-14(13-19(18)30(29)11-9-26(10-12-30)15-6-7-15)21(27)20-16-3-1-2-4-17(16)22(28)25-24-20/h1-7,13-14H,8-12H2,(H,29,31);1-9,14,21,30H,10-13H2,(H,28,31);1-5,8,13,15,21,27H,6-7,9-12H2,(H,25,28). The molecule has 0 amide bonds. The van der Waals surface area contributed by atoms with Crippen molar-refractivity contribution in [2.45, 2.75) is 37.5 Å². The maximum atomic E-state index is 14.8. The van der Waals surface area contributed by atoms with E-state index in [-0.39, 0.29) is 62.6 Å². The van der Waals surface area contributed by atoms with Gasteiger partial charge in [-0.05, 0) is 108 Å². The third-order valence-corrected chi connectivity index (χ3v) is 27.4. The van der Waals surface area contributed by atoms with E-state index < -0.39 is 62.5 Å². The van der Waals surface area contributed by atoms with E-state index in [9.17, 15) is 55.9 Å². The van der Waals surface area contributed by atoms with Gasteiger partial charge in [-0.1, -0.05) is 54.6 Å². The van der Waals surface area contributed by atoms with Crippen molar-refractivity contribution in [3.8, 4) is 0 Å². The van der Waals surface area contributed by atoms with Gasteiger partial charge in [-0.15, -0.1) is 0 Å². The number of hydrogen-bond acceptors (Lipinski definition) is 18. The Hall–Kier alpha value is -9.21. The third kappa shape index (κ3) is 13.7. The zero-order valence-corrected chi connectivity index (χ0v) is 54.2. The maximum Gasteiger partial charge on any atom is 0.272 e. The molecule has 2 atom stereocenters. The minimum Gasteiger partial charge on any atom is -0.382 e. The van der Waals surface area contributed by atoms with Crippen LogP contribution in [0.2, 0.25) is 0 Å². The van der Waals surface area contributed by atoms with Crippen LogP contribution in [0.25, 0.3) is 32.3 Å². The highest BCUT2D eigenvalue weighted by molar-refractivity contribution is 7.72. The summed E-state index contributed by atoms with van der Waals surface area (Å²) >= 11 is 0. The molecule has 0 spiro atoms. The molecule has 15 rings (SSSR count). The van der Waals surface area contributed by atoms with E-state index in [4.69, 9.17) is 0 Å². The van der Waals surface area contributed by atoms with E-state index in [2.05, 4.69) is 55.4 Å². The molecule has 3 saturated heterocycles. The zero-order valence-electron chi connectivity index (χ0n) is 51.5. The molecular formula is C68H64F4N13O8P3. The highest BCUT2D eigenvalue weighted by atomic mass is 31.2. The number of hydrogen-bond donors (Lipinski definition) is 5. The van der Waals surface area contributed by atoms with E-state index in [1.165, 1.54) is 67.4 Å². The number of benzene rings is 6. The number of rotatable bonds is 12. The second kappa shape index (κ2) is 27.5. The van der Waals surface area contributed by atoms with Crippen LogP contribution in [0.4, 0.5) is 29.5 Å². The molecule has 6 aromatic carbocycles. The van der Waals surface area contributed by atoms with Crippen LogP contribution in [0.3, 0.4) is 0 Å². The molecule has 5 N–H and O–H groups in total. The molecule has 0 bridgehead atoms. The fraction of sp³-hybridized carbons (Fsp3) is 0.265. The van der Waals surface area contributed by atoms with Crippen LogP contribution in [-0.4, -0.2) is 148 Å². The van der Waals surface area contributed by atoms with Gasteiger partial charge >= 0.3 is 0 Å². The average Bonchev–Trinajstić information content (AvgIpc) is 1.10. The normalized spacial score (nSPS) is 17.4. The van der Waals surface area contributed by atoms with Gasteiger partial charge in [0.25, 0.3) is 16.7 Å². The predicted octanol–water partition coefficient (Wildman–Crippen LogP) is 8.14. The Kier molecular flexibility index (Phi) is 18.7. The highest BCUT2D eigenvalue weighted by Crippen LogP contribution is 2.51. The van der Waals surface area contributed by atoms with Crippen LogP contribution in [0, 0.1) is 23.3 Å². The lowest BCUT2D eigenvalue weighted by atomic mass is 10.0. The van der Waals surface area contributed by atoms with Gasteiger partial charge in [-0.2, -0.15) is 15.3 Å². The number of aromatic nitrogens is 10. The Bertz CT molecular complexity index is 5060. The lowest BCUT2D eigenvalue weighted by Gasteiger charge is -2.32. The van der Waals surface area contributed by atoms with Crippen LogP contribution in [0.5, 0.6) is 0 Å². The van der Waals surface area contributed by atoms with E-state index >= 15 is 0 Å². The fourth-order valence-corrected chi connectivity index (χ4v) is 20.8. The van der Waals surface area contributed by atoms with Crippen molar-refractivity contribution in [1.82, 2.24) is 55.4 Å². The first-order valence-electron chi connectivity index (χ1n) is 31.2. The summed E-state index contributed by atoms with van der Waals surface area (Å²) in [6.07, 6.45) is 8.99. The summed E-state index contributed by atoms with van der Waals surface area (Å²) in [5.74, 6) is -0.923. The number of aromatic amines is 3. The van der Waals surface area contributed by atoms with E-state index in [0.717, 1.165) is 19.2 Å². The van der Waals surface area contributed by atoms with Crippen molar-refractivity contribution in [2.24, 2.45) is 0 Å². The number of aliphatic hydroxyl groups is 2. The van der Waals surface area contributed by atoms with Crippen LogP contribution >= 0.6 is 21.4 Å². The van der Waals surface area contributed by atoms with Crippen LogP contribution < -0.4 is 42.4 Å². The lowest BCUT2D eigenvalue weighted by Crippen LogP contribution is -2.39. The summed E-state index contributed by atoms with van der Waals surface area (Å²) in [5, 5.41) is 44.6. The maximum absolute atomic E-state index is 14.8. The number of H-pyrrole nitrogens is 3. The van der Waals surface area contributed by atoms with Gasteiger partial charge in [0.2, 0.25) is 11.9 Å². The highest BCUT2D eigenvalue weighted by Gasteiger charge is 2.40. The minimum absolute atomic E-state index is 0.126. The second-order valence-corrected chi connectivity index (χ2v) is 33.7. The van der Waals surface area contributed by atoms with Crippen LogP contribution in [0.15, 0.2) is 173 Å². The van der Waals surface area contributed by atoms with Crippen molar-refractivity contribution in [3.05, 3.63) is 246 Å². The zero-order chi connectivity index (χ0) is 66.9. The van der Waals surface area contributed by atoms with E-state index in [1.807, 2.05) is 9.80 Å². The number of anilines is 2. The first kappa shape index (κ1) is 65.5. The molecule has 5 aromatic heterocycles.